The topological polar surface area (TPSA) is 76.5 Å². The number of aromatic nitrogens is 1. The van der Waals surface area contributed by atoms with Gasteiger partial charge in [0.05, 0.1) is 15.1 Å². The van der Waals surface area contributed by atoms with E-state index < -0.39 is 10.1 Å². The van der Waals surface area contributed by atoms with Crippen molar-refractivity contribution in [3.63, 3.8) is 0 Å². The Balaban J connectivity index is 1.70. The molecule has 3 aromatic carbocycles. The van der Waals surface area contributed by atoms with Gasteiger partial charge in [0.15, 0.2) is 0 Å². The van der Waals surface area contributed by atoms with Crippen LogP contribution in [0.5, 0.6) is 5.19 Å². The van der Waals surface area contributed by atoms with Gasteiger partial charge >= 0.3 is 0 Å². The number of aryl methyl sites for hydroxylation is 1. The maximum Gasteiger partial charge on any atom is 0.294 e. The molecule has 1 atom stereocenters. The van der Waals surface area contributed by atoms with Crippen molar-refractivity contribution in [2.75, 3.05) is 0 Å². The molecular weight excluding hydrogens is 406 g/mol. The molecule has 4 rings (SSSR count). The molecule has 7 heteroatoms. The third-order valence-corrected chi connectivity index (χ3v) is 6.49. The largest absolute Gasteiger partial charge is 0.461 e. The van der Waals surface area contributed by atoms with Gasteiger partial charge in [-0.2, -0.15) is 8.42 Å². The van der Waals surface area contributed by atoms with Crippen LogP contribution in [0.2, 0.25) is 0 Å². The molecule has 4 aromatic rings. The van der Waals surface area contributed by atoms with Gasteiger partial charge in [-0.1, -0.05) is 59.9 Å². The van der Waals surface area contributed by atoms with E-state index in [0.717, 1.165) is 26.9 Å². The van der Waals surface area contributed by atoms with Crippen LogP contribution < -0.4 is 4.74 Å². The number of rotatable bonds is 6. The van der Waals surface area contributed by atoms with Gasteiger partial charge in [-0.05, 0) is 47.9 Å². The van der Waals surface area contributed by atoms with Crippen LogP contribution in [0.25, 0.3) is 10.2 Å². The molecule has 1 unspecified atom stereocenters. The predicted octanol–water partition coefficient (Wildman–Crippen LogP) is 5.21. The fraction of sp³-hybridized carbons (Fsp3) is 0.136. The highest BCUT2D eigenvalue weighted by Gasteiger charge is 2.19. The zero-order chi connectivity index (χ0) is 20.4. The second kappa shape index (κ2) is 7.94. The molecule has 0 aliphatic heterocycles. The molecule has 1 aromatic heterocycles. The van der Waals surface area contributed by atoms with Crippen molar-refractivity contribution in [3.05, 3.63) is 89.5 Å². The van der Waals surface area contributed by atoms with Crippen molar-refractivity contribution in [3.8, 4) is 5.19 Å². The average Bonchev–Trinajstić information content (AvgIpc) is 3.11. The van der Waals surface area contributed by atoms with Crippen molar-refractivity contribution in [1.29, 1.82) is 0 Å². The van der Waals surface area contributed by atoms with Crippen molar-refractivity contribution in [2.24, 2.45) is 0 Å². The Morgan fingerprint density at radius 3 is 2.48 bits per heavy atom. The van der Waals surface area contributed by atoms with Crippen LogP contribution in [0.3, 0.4) is 0 Å². The fourth-order valence-corrected chi connectivity index (χ4v) is 4.54. The summed E-state index contributed by atoms with van der Waals surface area (Å²) in [5.41, 5.74) is 3.55. The number of hydrogen-bond donors (Lipinski definition) is 1. The first kappa shape index (κ1) is 19.6. The first-order valence-electron chi connectivity index (χ1n) is 9.04. The summed E-state index contributed by atoms with van der Waals surface area (Å²) in [5, 5.41) is 0.559. The average molecular weight is 426 g/mol. The van der Waals surface area contributed by atoms with E-state index >= 15 is 0 Å². The summed E-state index contributed by atoms with van der Waals surface area (Å²) < 4.78 is 39.8. The highest BCUT2D eigenvalue weighted by atomic mass is 32.2. The molecular formula is C22H19NO4S2. The Kier molecular flexibility index (Phi) is 5.36. The third kappa shape index (κ3) is 4.48. The van der Waals surface area contributed by atoms with Crippen LogP contribution in [0.4, 0.5) is 0 Å². The Morgan fingerprint density at radius 2 is 1.76 bits per heavy atom. The number of benzene rings is 3. The molecule has 0 fully saturated rings. The Labute approximate surface area is 173 Å². The van der Waals surface area contributed by atoms with Gasteiger partial charge in [0.1, 0.15) is 6.10 Å². The zero-order valence-corrected chi connectivity index (χ0v) is 17.3. The normalized spacial score (nSPS) is 12.8. The minimum Gasteiger partial charge on any atom is -0.461 e. The number of nitrogens with zero attached hydrogens (tertiary/aromatic N) is 1. The first-order valence-corrected chi connectivity index (χ1v) is 11.3. The Bertz CT molecular complexity index is 1220. The Hall–Kier alpha value is -2.74. The summed E-state index contributed by atoms with van der Waals surface area (Å²) in [6.07, 6.45) is 0.0851. The lowest BCUT2D eigenvalue weighted by molar-refractivity contribution is 0.205. The number of thiazole rings is 1. The highest BCUT2D eigenvalue weighted by molar-refractivity contribution is 7.85. The van der Waals surface area contributed by atoms with Crippen molar-refractivity contribution in [1.82, 2.24) is 4.98 Å². The molecule has 1 heterocycles. The second-order valence-electron chi connectivity index (χ2n) is 6.73. The zero-order valence-electron chi connectivity index (χ0n) is 15.6. The molecule has 0 bridgehead atoms. The van der Waals surface area contributed by atoms with Crippen LogP contribution in [0, 0.1) is 6.92 Å². The van der Waals surface area contributed by atoms with E-state index in [1.165, 1.54) is 23.5 Å². The molecule has 0 amide bonds. The smallest absolute Gasteiger partial charge is 0.294 e. The van der Waals surface area contributed by atoms with Crippen molar-refractivity contribution in [2.45, 2.75) is 24.3 Å². The molecule has 29 heavy (non-hydrogen) atoms. The summed E-state index contributed by atoms with van der Waals surface area (Å²) in [5.74, 6) is 0. The summed E-state index contributed by atoms with van der Waals surface area (Å²) in [6, 6.07) is 22.2. The van der Waals surface area contributed by atoms with Gasteiger partial charge in [-0.15, -0.1) is 0 Å². The number of fused-ring (bicyclic) bond motifs is 1. The SMILES string of the molecule is Cc1ccc(S(=O)(=O)O)cc1CC(Oc1nc2ccccc2s1)c1ccccc1. The minimum atomic E-state index is -4.27. The van der Waals surface area contributed by atoms with Crippen LogP contribution in [-0.4, -0.2) is 18.0 Å². The quantitative estimate of drug-likeness (QED) is 0.429. The van der Waals surface area contributed by atoms with E-state index in [4.69, 9.17) is 4.74 Å². The standard InChI is InChI=1S/C22H19NO4S2/c1-15-11-12-18(29(24,25)26)13-17(15)14-20(16-7-3-2-4-8-16)27-22-23-19-9-5-6-10-21(19)28-22/h2-13,20H,14H2,1H3,(H,24,25,26). The number of hydrogen-bond acceptors (Lipinski definition) is 5. The lowest BCUT2D eigenvalue weighted by atomic mass is 9.98. The van der Waals surface area contributed by atoms with E-state index in [1.54, 1.807) is 6.07 Å². The summed E-state index contributed by atoms with van der Waals surface area (Å²) in [7, 11) is -4.27. The molecule has 0 aliphatic rings. The van der Waals surface area contributed by atoms with Gasteiger partial charge in [-0.25, -0.2) is 4.98 Å². The number of para-hydroxylation sites is 1. The molecule has 0 aliphatic carbocycles. The maximum atomic E-state index is 11.6. The molecule has 5 nitrogen and oxygen atoms in total. The number of ether oxygens (including phenoxy) is 1. The van der Waals surface area contributed by atoms with E-state index in [0.29, 0.717) is 11.6 Å². The van der Waals surface area contributed by atoms with Gasteiger partial charge in [-0.3, -0.25) is 4.55 Å². The fourth-order valence-electron chi connectivity index (χ4n) is 3.15. The van der Waals surface area contributed by atoms with Crippen LogP contribution in [-0.2, 0) is 16.5 Å². The molecule has 0 saturated heterocycles. The highest BCUT2D eigenvalue weighted by Crippen LogP contribution is 2.33. The monoisotopic (exact) mass is 425 g/mol. The van der Waals surface area contributed by atoms with E-state index in [2.05, 4.69) is 4.98 Å². The summed E-state index contributed by atoms with van der Waals surface area (Å²) in [4.78, 5) is 4.44. The van der Waals surface area contributed by atoms with E-state index in [-0.39, 0.29) is 11.0 Å². The molecule has 1 N–H and O–H groups in total. The third-order valence-electron chi connectivity index (χ3n) is 4.71. The van der Waals surface area contributed by atoms with Gasteiger partial charge in [0, 0.05) is 6.42 Å². The van der Waals surface area contributed by atoms with Gasteiger partial charge in [0.25, 0.3) is 15.3 Å². The molecule has 148 valence electrons. The predicted molar refractivity (Wildman–Crippen MR) is 114 cm³/mol. The summed E-state index contributed by atoms with van der Waals surface area (Å²) >= 11 is 1.47. The van der Waals surface area contributed by atoms with Gasteiger partial charge in [0.2, 0.25) is 0 Å². The molecule has 0 saturated carbocycles. The van der Waals surface area contributed by atoms with E-state index in [9.17, 15) is 13.0 Å². The second-order valence-corrected chi connectivity index (χ2v) is 9.15. The lowest BCUT2D eigenvalue weighted by Crippen LogP contribution is -2.12. The van der Waals surface area contributed by atoms with Gasteiger partial charge < -0.3 is 4.74 Å². The molecule has 0 spiro atoms. The van der Waals surface area contributed by atoms with E-state index in [1.807, 2.05) is 61.5 Å². The maximum absolute atomic E-state index is 11.6. The van der Waals surface area contributed by atoms with Crippen molar-refractivity contribution >= 4 is 31.7 Å². The minimum absolute atomic E-state index is 0.120. The van der Waals surface area contributed by atoms with Crippen LogP contribution >= 0.6 is 11.3 Å². The van der Waals surface area contributed by atoms with Crippen molar-refractivity contribution < 1.29 is 17.7 Å². The van der Waals surface area contributed by atoms with Crippen LogP contribution in [0.1, 0.15) is 22.8 Å². The lowest BCUT2D eigenvalue weighted by Gasteiger charge is -2.19. The Morgan fingerprint density at radius 1 is 1.03 bits per heavy atom. The first-order chi connectivity index (χ1) is 13.9. The summed E-state index contributed by atoms with van der Waals surface area (Å²) in [6.45, 7) is 1.91. The molecule has 0 radical (unpaired) electrons. The van der Waals surface area contributed by atoms with Crippen LogP contribution in [0.15, 0.2) is 77.7 Å².